The number of para-hydroxylation sites is 1. The van der Waals surface area contributed by atoms with Crippen LogP contribution in [0.25, 0.3) is 0 Å². The molecule has 0 bridgehead atoms. The molecule has 0 spiro atoms. The predicted octanol–water partition coefficient (Wildman–Crippen LogP) is 2.40. The lowest BCUT2D eigenvalue weighted by Gasteiger charge is -2.21. The molecule has 0 fully saturated rings. The molecule has 0 heterocycles. The molecule has 0 saturated heterocycles. The van der Waals surface area contributed by atoms with Gasteiger partial charge in [-0.1, -0.05) is 12.1 Å². The second kappa shape index (κ2) is 10.2. The van der Waals surface area contributed by atoms with Gasteiger partial charge in [-0.3, -0.25) is 9.79 Å². The fourth-order valence-electron chi connectivity index (χ4n) is 1.91. The van der Waals surface area contributed by atoms with Crippen molar-refractivity contribution >= 4 is 27.8 Å². The van der Waals surface area contributed by atoms with Crippen LogP contribution >= 0.6 is 15.9 Å². The number of halogens is 4. The molecule has 0 radical (unpaired) electrons. The molecule has 10 heteroatoms. The molecule has 26 heavy (non-hydrogen) atoms. The third-order valence-electron chi connectivity index (χ3n) is 3.19. The van der Waals surface area contributed by atoms with E-state index in [0.29, 0.717) is 23.2 Å². The lowest BCUT2D eigenvalue weighted by atomic mass is 10.3. The maximum Gasteiger partial charge on any atom is 0.406 e. The Kier molecular flexibility index (Phi) is 8.70. The van der Waals surface area contributed by atoms with E-state index in [-0.39, 0.29) is 12.6 Å². The van der Waals surface area contributed by atoms with Gasteiger partial charge in [-0.05, 0) is 35.0 Å². The normalized spacial score (nSPS) is 13.1. The molecule has 0 aliphatic rings. The number of carbonyl (C=O) groups is 1. The van der Waals surface area contributed by atoms with E-state index in [9.17, 15) is 18.0 Å². The number of ether oxygens (including phenoxy) is 1. The topological polar surface area (TPSA) is 66.0 Å². The summed E-state index contributed by atoms with van der Waals surface area (Å²) in [7, 11) is 2.60. The number of benzene rings is 1. The van der Waals surface area contributed by atoms with Crippen molar-refractivity contribution in [2.75, 3.05) is 33.7 Å². The number of guanidine groups is 1. The van der Waals surface area contributed by atoms with E-state index in [1.165, 1.54) is 7.05 Å². The summed E-state index contributed by atoms with van der Waals surface area (Å²) >= 11 is 3.39. The van der Waals surface area contributed by atoms with Crippen molar-refractivity contribution in [2.24, 2.45) is 4.99 Å². The fourth-order valence-corrected chi connectivity index (χ4v) is 2.29. The summed E-state index contributed by atoms with van der Waals surface area (Å²) in [5.74, 6) is 0.290. The van der Waals surface area contributed by atoms with Crippen LogP contribution in [0.1, 0.15) is 6.92 Å². The quantitative estimate of drug-likeness (QED) is 0.506. The van der Waals surface area contributed by atoms with E-state index in [2.05, 4.69) is 31.6 Å². The van der Waals surface area contributed by atoms with Gasteiger partial charge in [-0.2, -0.15) is 13.2 Å². The van der Waals surface area contributed by atoms with Crippen molar-refractivity contribution < 1.29 is 22.7 Å². The number of nitrogens with one attached hydrogen (secondary N) is 2. The highest BCUT2D eigenvalue weighted by Crippen LogP contribution is 2.24. The van der Waals surface area contributed by atoms with Crippen LogP contribution in [0.4, 0.5) is 13.2 Å². The Morgan fingerprint density at radius 2 is 2.00 bits per heavy atom. The maximum atomic E-state index is 12.3. The molecule has 1 aromatic carbocycles. The Labute approximate surface area is 158 Å². The zero-order valence-electron chi connectivity index (χ0n) is 14.7. The van der Waals surface area contributed by atoms with Crippen LogP contribution in [0.2, 0.25) is 0 Å². The monoisotopic (exact) mass is 438 g/mol. The lowest BCUT2D eigenvalue weighted by molar-refractivity contribution is -0.157. The first-order chi connectivity index (χ1) is 12.1. The summed E-state index contributed by atoms with van der Waals surface area (Å²) in [4.78, 5) is 16.2. The smallest absolute Gasteiger partial charge is 0.406 e. The number of hydrogen-bond acceptors (Lipinski definition) is 3. The third kappa shape index (κ3) is 8.41. The summed E-state index contributed by atoms with van der Waals surface area (Å²) in [6, 6.07) is 7.41. The molecule has 1 unspecified atom stereocenters. The van der Waals surface area contributed by atoms with Gasteiger partial charge in [-0.25, -0.2) is 0 Å². The highest BCUT2D eigenvalue weighted by molar-refractivity contribution is 9.10. The molecule has 1 aromatic rings. The minimum atomic E-state index is -4.43. The van der Waals surface area contributed by atoms with E-state index in [1.807, 2.05) is 31.2 Å². The van der Waals surface area contributed by atoms with Gasteiger partial charge in [0.1, 0.15) is 18.4 Å². The number of nitrogens with zero attached hydrogens (tertiary/aromatic N) is 2. The second-order valence-electron chi connectivity index (χ2n) is 5.53. The Morgan fingerprint density at radius 1 is 1.35 bits per heavy atom. The van der Waals surface area contributed by atoms with Crippen LogP contribution in [-0.4, -0.2) is 62.8 Å². The molecule has 146 valence electrons. The van der Waals surface area contributed by atoms with Crippen LogP contribution in [0.15, 0.2) is 33.7 Å². The molecule has 0 aliphatic carbocycles. The molecule has 1 atom stereocenters. The number of hydrogen-bond donors (Lipinski definition) is 2. The average molecular weight is 439 g/mol. The van der Waals surface area contributed by atoms with Crippen molar-refractivity contribution in [1.29, 1.82) is 0 Å². The van der Waals surface area contributed by atoms with E-state index in [1.54, 1.807) is 0 Å². The summed E-state index contributed by atoms with van der Waals surface area (Å²) in [6.45, 7) is 0.637. The highest BCUT2D eigenvalue weighted by Gasteiger charge is 2.31. The maximum absolute atomic E-state index is 12.3. The van der Waals surface area contributed by atoms with Crippen LogP contribution in [0.5, 0.6) is 5.75 Å². The van der Waals surface area contributed by atoms with Crippen molar-refractivity contribution in [2.45, 2.75) is 19.2 Å². The molecule has 2 N–H and O–H groups in total. The van der Waals surface area contributed by atoms with Crippen LogP contribution < -0.4 is 15.4 Å². The summed E-state index contributed by atoms with van der Waals surface area (Å²) in [5, 5.41) is 5.64. The molecule has 0 aromatic heterocycles. The Bertz CT molecular complexity index is 626. The SMILES string of the molecule is CN=C(NCC(=O)N(C)CC(F)(F)F)NCC(C)Oc1ccccc1Br. The van der Waals surface area contributed by atoms with Crippen molar-refractivity contribution in [1.82, 2.24) is 15.5 Å². The Morgan fingerprint density at radius 3 is 2.58 bits per heavy atom. The molecule has 1 rings (SSSR count). The van der Waals surface area contributed by atoms with Crippen LogP contribution in [0, 0.1) is 0 Å². The number of likely N-dealkylation sites (N-methyl/N-ethyl adjacent to an activating group) is 1. The number of alkyl halides is 3. The van der Waals surface area contributed by atoms with E-state index >= 15 is 0 Å². The average Bonchev–Trinajstić information content (AvgIpc) is 2.55. The van der Waals surface area contributed by atoms with E-state index in [4.69, 9.17) is 4.74 Å². The molecular formula is C16H22BrF3N4O2. The van der Waals surface area contributed by atoms with Gasteiger partial charge in [0.2, 0.25) is 5.91 Å². The first kappa shape index (κ1) is 22.1. The van der Waals surface area contributed by atoms with Crippen LogP contribution in [0.3, 0.4) is 0 Å². The fraction of sp³-hybridized carbons (Fsp3) is 0.500. The van der Waals surface area contributed by atoms with Crippen molar-refractivity contribution in [3.63, 3.8) is 0 Å². The van der Waals surface area contributed by atoms with Gasteiger partial charge >= 0.3 is 6.18 Å². The number of amides is 1. The van der Waals surface area contributed by atoms with Gasteiger partial charge in [0.05, 0.1) is 17.6 Å². The van der Waals surface area contributed by atoms with E-state index in [0.717, 1.165) is 11.5 Å². The van der Waals surface area contributed by atoms with Crippen molar-refractivity contribution in [3.8, 4) is 5.75 Å². The van der Waals surface area contributed by atoms with Gasteiger partial charge < -0.3 is 20.3 Å². The molecular weight excluding hydrogens is 417 g/mol. The number of aliphatic imine (C=N–C) groups is 1. The zero-order chi connectivity index (χ0) is 19.7. The van der Waals surface area contributed by atoms with Gasteiger partial charge in [0.25, 0.3) is 0 Å². The summed E-state index contributed by atoms with van der Waals surface area (Å²) < 4.78 is 43.4. The minimum absolute atomic E-state index is 0.212. The first-order valence-electron chi connectivity index (χ1n) is 7.78. The second-order valence-corrected chi connectivity index (χ2v) is 6.38. The first-order valence-corrected chi connectivity index (χ1v) is 8.58. The third-order valence-corrected chi connectivity index (χ3v) is 3.85. The number of carbonyl (C=O) groups excluding carboxylic acids is 1. The zero-order valence-corrected chi connectivity index (χ0v) is 16.3. The standard InChI is InChI=1S/C16H22BrF3N4O2/c1-11(26-13-7-5-4-6-12(13)17)8-22-15(21-2)23-9-14(25)24(3)10-16(18,19)20/h4-7,11H,8-10H2,1-3H3,(H2,21,22,23). The molecule has 6 nitrogen and oxygen atoms in total. The van der Waals surface area contributed by atoms with Gasteiger partial charge in [0, 0.05) is 14.1 Å². The largest absolute Gasteiger partial charge is 0.488 e. The molecule has 0 saturated carbocycles. The Hall–Kier alpha value is -1.97. The van der Waals surface area contributed by atoms with Crippen LogP contribution in [-0.2, 0) is 4.79 Å². The van der Waals surface area contributed by atoms with E-state index < -0.39 is 18.6 Å². The minimum Gasteiger partial charge on any atom is -0.488 e. The van der Waals surface area contributed by atoms with Crippen molar-refractivity contribution in [3.05, 3.63) is 28.7 Å². The summed E-state index contributed by atoms with van der Waals surface area (Å²) in [6.07, 6.45) is -4.64. The highest BCUT2D eigenvalue weighted by atomic mass is 79.9. The Balaban J connectivity index is 2.41. The molecule has 1 amide bonds. The summed E-state index contributed by atoms with van der Waals surface area (Å²) in [5.41, 5.74) is 0. The molecule has 0 aliphatic heterocycles. The predicted molar refractivity (Wildman–Crippen MR) is 97.3 cm³/mol. The number of rotatable bonds is 7. The van der Waals surface area contributed by atoms with Gasteiger partial charge in [0.15, 0.2) is 5.96 Å². The van der Waals surface area contributed by atoms with Gasteiger partial charge in [-0.15, -0.1) is 0 Å². The lowest BCUT2D eigenvalue weighted by Crippen LogP contribution is -2.47.